The van der Waals surface area contributed by atoms with E-state index in [0.717, 1.165) is 4.47 Å². The van der Waals surface area contributed by atoms with Crippen LogP contribution in [-0.4, -0.2) is 25.2 Å². The van der Waals surface area contributed by atoms with E-state index >= 15 is 0 Å². The lowest BCUT2D eigenvalue weighted by Crippen LogP contribution is -2.49. The van der Waals surface area contributed by atoms with Crippen LogP contribution in [0.5, 0.6) is 0 Å². The lowest BCUT2D eigenvalue weighted by molar-refractivity contribution is -0.130. The van der Waals surface area contributed by atoms with E-state index in [9.17, 15) is 9.18 Å². The summed E-state index contributed by atoms with van der Waals surface area (Å²) in [7, 11) is 0. The summed E-state index contributed by atoms with van der Waals surface area (Å²) in [6.45, 7) is 2.72. The minimum Gasteiger partial charge on any atom is -0.379 e. The molecule has 19 heavy (non-hydrogen) atoms. The molecule has 1 aromatic rings. The third-order valence-electron chi connectivity index (χ3n) is 3.48. The fourth-order valence-corrected chi connectivity index (χ4v) is 2.37. The summed E-state index contributed by atoms with van der Waals surface area (Å²) in [4.78, 5) is 12.2. The maximum absolute atomic E-state index is 13.1. The Balaban J connectivity index is 2.02. The number of halogens is 2. The van der Waals surface area contributed by atoms with Gasteiger partial charge in [-0.05, 0) is 30.7 Å². The first-order chi connectivity index (χ1) is 8.93. The van der Waals surface area contributed by atoms with Gasteiger partial charge in [-0.15, -0.1) is 0 Å². The summed E-state index contributed by atoms with van der Waals surface area (Å²) in [6, 6.07) is 4.04. The molecule has 0 saturated carbocycles. The van der Waals surface area contributed by atoms with E-state index in [4.69, 9.17) is 10.5 Å². The van der Waals surface area contributed by atoms with Gasteiger partial charge in [-0.2, -0.15) is 0 Å². The number of nitrogens with two attached hydrogens (primary N) is 1. The van der Waals surface area contributed by atoms with E-state index in [2.05, 4.69) is 21.2 Å². The van der Waals surface area contributed by atoms with Crippen LogP contribution in [0.3, 0.4) is 0 Å². The van der Waals surface area contributed by atoms with Gasteiger partial charge in [0.15, 0.2) is 0 Å². The van der Waals surface area contributed by atoms with E-state index in [-0.39, 0.29) is 24.3 Å². The molecule has 1 fully saturated rings. The quantitative estimate of drug-likeness (QED) is 0.884. The van der Waals surface area contributed by atoms with Crippen LogP contribution in [0.25, 0.3) is 0 Å². The first-order valence-electron chi connectivity index (χ1n) is 5.99. The number of hydrogen-bond acceptors (Lipinski definition) is 3. The Morgan fingerprint density at radius 1 is 1.68 bits per heavy atom. The number of benzene rings is 1. The van der Waals surface area contributed by atoms with E-state index in [1.165, 1.54) is 12.1 Å². The maximum Gasteiger partial charge on any atom is 0.230 e. The van der Waals surface area contributed by atoms with Crippen LogP contribution in [-0.2, 0) is 16.1 Å². The van der Waals surface area contributed by atoms with Crippen LogP contribution < -0.4 is 11.1 Å². The molecule has 1 aromatic carbocycles. The summed E-state index contributed by atoms with van der Waals surface area (Å²) < 4.78 is 19.1. The molecular formula is C13H16BrFN2O2. The van der Waals surface area contributed by atoms with Gasteiger partial charge in [-0.3, -0.25) is 4.79 Å². The van der Waals surface area contributed by atoms with E-state index in [0.29, 0.717) is 18.8 Å². The highest BCUT2D eigenvalue weighted by Gasteiger charge is 2.44. The molecule has 1 aliphatic heterocycles. The van der Waals surface area contributed by atoms with Gasteiger partial charge in [0.1, 0.15) is 5.82 Å². The number of ether oxygens (including phenoxy) is 1. The number of rotatable bonds is 3. The first kappa shape index (κ1) is 14.4. The topological polar surface area (TPSA) is 64.3 Å². The maximum atomic E-state index is 13.1. The fourth-order valence-electron chi connectivity index (χ4n) is 1.98. The van der Waals surface area contributed by atoms with Gasteiger partial charge in [0.25, 0.3) is 0 Å². The second-order valence-corrected chi connectivity index (χ2v) is 5.81. The molecule has 0 bridgehead atoms. The zero-order valence-electron chi connectivity index (χ0n) is 10.6. The minimum absolute atomic E-state index is 0.173. The molecule has 6 heteroatoms. The summed E-state index contributed by atoms with van der Waals surface area (Å²) in [5, 5.41) is 2.78. The van der Waals surface area contributed by atoms with E-state index in [1.807, 2.05) is 0 Å². The second-order valence-electron chi connectivity index (χ2n) is 4.96. The Hall–Kier alpha value is -0.980. The SMILES string of the molecule is CC1(C(=O)NCc2cc(F)ccc2Br)COCC1N. The van der Waals surface area contributed by atoms with Gasteiger partial charge < -0.3 is 15.8 Å². The number of carbonyl (C=O) groups excluding carboxylic acids is 1. The average molecular weight is 331 g/mol. The molecule has 4 nitrogen and oxygen atoms in total. The minimum atomic E-state index is -0.722. The molecule has 1 heterocycles. The lowest BCUT2D eigenvalue weighted by Gasteiger charge is -2.25. The third-order valence-corrected chi connectivity index (χ3v) is 4.26. The fraction of sp³-hybridized carbons (Fsp3) is 0.462. The molecule has 2 atom stereocenters. The number of hydrogen-bond donors (Lipinski definition) is 2. The second kappa shape index (κ2) is 5.56. The van der Waals surface area contributed by atoms with Gasteiger partial charge >= 0.3 is 0 Å². The van der Waals surface area contributed by atoms with Crippen molar-refractivity contribution in [2.45, 2.75) is 19.5 Å². The Morgan fingerprint density at radius 3 is 3.05 bits per heavy atom. The van der Waals surface area contributed by atoms with E-state index in [1.54, 1.807) is 13.0 Å². The van der Waals surface area contributed by atoms with Crippen LogP contribution in [0.2, 0.25) is 0 Å². The molecule has 1 aliphatic rings. The van der Waals surface area contributed by atoms with Crippen molar-refractivity contribution in [3.05, 3.63) is 34.1 Å². The van der Waals surface area contributed by atoms with Crippen molar-refractivity contribution >= 4 is 21.8 Å². The van der Waals surface area contributed by atoms with Crippen molar-refractivity contribution in [1.29, 1.82) is 0 Å². The zero-order chi connectivity index (χ0) is 14.0. The van der Waals surface area contributed by atoms with Crippen molar-refractivity contribution in [1.82, 2.24) is 5.32 Å². The summed E-state index contributed by atoms with van der Waals surface area (Å²) in [5.74, 6) is -0.506. The summed E-state index contributed by atoms with van der Waals surface area (Å²) in [6.07, 6.45) is 0. The number of nitrogens with one attached hydrogen (secondary N) is 1. The highest BCUT2D eigenvalue weighted by molar-refractivity contribution is 9.10. The predicted octanol–water partition coefficient (Wildman–Crippen LogP) is 1.57. The Labute approximate surface area is 119 Å². The van der Waals surface area contributed by atoms with Gasteiger partial charge in [-0.1, -0.05) is 15.9 Å². The normalized spacial score (nSPS) is 26.4. The van der Waals surface area contributed by atoms with Crippen molar-refractivity contribution in [2.24, 2.45) is 11.1 Å². The van der Waals surface area contributed by atoms with Crippen LogP contribution >= 0.6 is 15.9 Å². The van der Waals surface area contributed by atoms with Gasteiger partial charge in [0.2, 0.25) is 5.91 Å². The molecule has 0 radical (unpaired) electrons. The predicted molar refractivity (Wildman–Crippen MR) is 72.8 cm³/mol. The third kappa shape index (κ3) is 2.96. The van der Waals surface area contributed by atoms with Gasteiger partial charge in [-0.25, -0.2) is 4.39 Å². The average Bonchev–Trinajstić information content (AvgIpc) is 2.71. The van der Waals surface area contributed by atoms with Crippen molar-refractivity contribution in [2.75, 3.05) is 13.2 Å². The monoisotopic (exact) mass is 330 g/mol. The molecule has 2 unspecified atom stereocenters. The van der Waals surface area contributed by atoms with E-state index < -0.39 is 5.41 Å². The van der Waals surface area contributed by atoms with Crippen molar-refractivity contribution in [3.63, 3.8) is 0 Å². The first-order valence-corrected chi connectivity index (χ1v) is 6.78. The Morgan fingerprint density at radius 2 is 2.42 bits per heavy atom. The standard InChI is InChI=1S/C13H16BrFN2O2/c1-13(7-19-6-11(13)16)12(18)17-5-8-4-9(15)2-3-10(8)14/h2-4,11H,5-7,16H2,1H3,(H,17,18). The highest BCUT2D eigenvalue weighted by Crippen LogP contribution is 2.27. The molecule has 1 amide bonds. The van der Waals surface area contributed by atoms with Crippen LogP contribution in [0.4, 0.5) is 4.39 Å². The van der Waals surface area contributed by atoms with Crippen molar-refractivity contribution in [3.8, 4) is 0 Å². The molecule has 0 aromatic heterocycles. The lowest BCUT2D eigenvalue weighted by atomic mass is 9.85. The summed E-state index contributed by atoms with van der Waals surface area (Å²) >= 11 is 3.32. The molecule has 104 valence electrons. The molecule has 2 rings (SSSR count). The van der Waals surface area contributed by atoms with Gasteiger partial charge in [0.05, 0.1) is 18.6 Å². The highest BCUT2D eigenvalue weighted by atomic mass is 79.9. The number of amides is 1. The molecule has 3 N–H and O–H groups in total. The van der Waals surface area contributed by atoms with Crippen molar-refractivity contribution < 1.29 is 13.9 Å². The zero-order valence-corrected chi connectivity index (χ0v) is 12.2. The van der Waals surface area contributed by atoms with Crippen LogP contribution in [0.15, 0.2) is 22.7 Å². The largest absolute Gasteiger partial charge is 0.379 e. The molecule has 1 saturated heterocycles. The number of carbonyl (C=O) groups is 1. The smallest absolute Gasteiger partial charge is 0.230 e. The molecular weight excluding hydrogens is 315 g/mol. The Kier molecular flexibility index (Phi) is 4.23. The molecule has 0 spiro atoms. The Bertz CT molecular complexity index is 498. The van der Waals surface area contributed by atoms with Crippen LogP contribution in [0.1, 0.15) is 12.5 Å². The van der Waals surface area contributed by atoms with Crippen LogP contribution in [0, 0.1) is 11.2 Å². The summed E-state index contributed by atoms with van der Waals surface area (Å²) in [5.41, 5.74) is 5.84. The van der Waals surface area contributed by atoms with Gasteiger partial charge in [0, 0.05) is 17.1 Å². The molecule has 0 aliphatic carbocycles.